The molecule has 2 aromatic heterocycles. The lowest BCUT2D eigenvalue weighted by Gasteiger charge is -2.46. The van der Waals surface area contributed by atoms with Gasteiger partial charge in [0.15, 0.2) is 8.32 Å². The summed E-state index contributed by atoms with van der Waals surface area (Å²) in [6.07, 6.45) is 5.53. The maximum absolute atomic E-state index is 6.47. The first kappa shape index (κ1) is 15.6. The van der Waals surface area contributed by atoms with Crippen LogP contribution in [0.4, 0.5) is 0 Å². The molecule has 0 unspecified atom stereocenters. The molecule has 0 aromatic carbocycles. The fourth-order valence-corrected chi connectivity index (χ4v) is 3.48. The molecule has 2 aromatic rings. The van der Waals surface area contributed by atoms with Gasteiger partial charge in [-0.1, -0.05) is 20.8 Å². The van der Waals surface area contributed by atoms with Gasteiger partial charge in [0.2, 0.25) is 0 Å². The summed E-state index contributed by atoms with van der Waals surface area (Å²) in [7, 11) is -1.78. The van der Waals surface area contributed by atoms with Gasteiger partial charge >= 0.3 is 0 Å². The smallest absolute Gasteiger partial charge is 0.192 e. The third-order valence-electron chi connectivity index (χ3n) is 5.11. The third kappa shape index (κ3) is 2.49. The zero-order valence-electron chi connectivity index (χ0n) is 14.1. The maximum Gasteiger partial charge on any atom is 0.192 e. The van der Waals surface area contributed by atoms with Crippen LogP contribution in [0.1, 0.15) is 20.8 Å². The number of nitrogens with zero attached hydrogens (tertiary/aromatic N) is 3. The van der Waals surface area contributed by atoms with E-state index in [1.165, 1.54) is 0 Å². The number of aromatic nitrogens is 3. The first-order valence-corrected chi connectivity index (χ1v) is 10.7. The van der Waals surface area contributed by atoms with Gasteiger partial charge in [0.1, 0.15) is 17.5 Å². The minimum atomic E-state index is -1.78. The average Bonchev–Trinajstić information content (AvgIpc) is 2.81. The molecule has 3 heterocycles. The van der Waals surface area contributed by atoms with E-state index in [4.69, 9.17) is 9.16 Å². The molecule has 120 valence electrons. The number of rotatable bonds is 4. The number of ether oxygens (including phenoxy) is 1. The Balaban J connectivity index is 1.87. The summed E-state index contributed by atoms with van der Waals surface area (Å²) in [4.78, 5) is 8.52. The summed E-state index contributed by atoms with van der Waals surface area (Å²) in [6, 6.07) is 2.06. The zero-order chi connectivity index (χ0) is 16.0. The molecule has 1 fully saturated rings. The van der Waals surface area contributed by atoms with E-state index in [2.05, 4.69) is 60.7 Å². The van der Waals surface area contributed by atoms with Crippen LogP contribution in [0.3, 0.4) is 0 Å². The lowest BCUT2D eigenvalue weighted by Crippen LogP contribution is -2.57. The fraction of sp³-hybridized carbons (Fsp3) is 0.625. The van der Waals surface area contributed by atoms with Gasteiger partial charge in [0.25, 0.3) is 0 Å². The molecular formula is C16H25N3O2Si. The predicted molar refractivity (Wildman–Crippen MR) is 89.5 cm³/mol. The Morgan fingerprint density at radius 1 is 1.36 bits per heavy atom. The van der Waals surface area contributed by atoms with E-state index in [0.717, 1.165) is 11.0 Å². The molecule has 6 heteroatoms. The van der Waals surface area contributed by atoms with Gasteiger partial charge in [-0.3, -0.25) is 0 Å². The van der Waals surface area contributed by atoms with E-state index in [9.17, 15) is 0 Å². The van der Waals surface area contributed by atoms with Crippen LogP contribution < -0.4 is 0 Å². The predicted octanol–water partition coefficient (Wildman–Crippen LogP) is 3.18. The van der Waals surface area contributed by atoms with Gasteiger partial charge in [0, 0.05) is 17.8 Å². The molecule has 0 amide bonds. The van der Waals surface area contributed by atoms with E-state index in [1.807, 2.05) is 6.20 Å². The topological polar surface area (TPSA) is 49.2 Å². The Morgan fingerprint density at radius 2 is 2.09 bits per heavy atom. The van der Waals surface area contributed by atoms with Gasteiger partial charge < -0.3 is 13.7 Å². The highest BCUT2D eigenvalue weighted by Crippen LogP contribution is 2.39. The zero-order valence-corrected chi connectivity index (χ0v) is 15.1. The molecule has 1 aliphatic heterocycles. The van der Waals surface area contributed by atoms with Gasteiger partial charge in [-0.2, -0.15) is 0 Å². The molecule has 1 saturated heterocycles. The van der Waals surface area contributed by atoms with Crippen LogP contribution in [-0.2, 0) is 14.7 Å². The van der Waals surface area contributed by atoms with Crippen molar-refractivity contribution in [2.75, 3.05) is 19.8 Å². The van der Waals surface area contributed by atoms with Crippen molar-refractivity contribution in [3.8, 4) is 0 Å². The van der Waals surface area contributed by atoms with Crippen molar-refractivity contribution in [1.29, 1.82) is 0 Å². The Morgan fingerprint density at radius 3 is 2.68 bits per heavy atom. The largest absolute Gasteiger partial charge is 0.414 e. The second kappa shape index (κ2) is 5.14. The molecule has 5 nitrogen and oxygen atoms in total. The second-order valence-electron chi connectivity index (χ2n) is 7.75. The molecule has 3 rings (SSSR count). The van der Waals surface area contributed by atoms with Gasteiger partial charge in [-0.25, -0.2) is 9.97 Å². The van der Waals surface area contributed by atoms with Crippen molar-refractivity contribution >= 4 is 19.4 Å². The minimum Gasteiger partial charge on any atom is -0.414 e. The first-order valence-electron chi connectivity index (χ1n) is 7.75. The normalized spacial score (nSPS) is 18.4. The Labute approximate surface area is 132 Å². The minimum absolute atomic E-state index is 0.133. The molecule has 22 heavy (non-hydrogen) atoms. The standard InChI is InChI=1S/C16H25N3O2Si/c1-15(2,3)22(4,5)21-11-16(9-20-10-16)19-7-6-13-8-17-12-18-14(13)19/h6-8,12H,9-11H2,1-5H3. The third-order valence-corrected chi connectivity index (χ3v) is 9.59. The monoisotopic (exact) mass is 319 g/mol. The van der Waals surface area contributed by atoms with Crippen molar-refractivity contribution in [3.05, 3.63) is 24.8 Å². The Hall–Kier alpha value is -1.24. The summed E-state index contributed by atoms with van der Waals surface area (Å²) < 4.78 is 14.2. The van der Waals surface area contributed by atoms with Gasteiger partial charge in [0.05, 0.1) is 19.8 Å². The molecule has 0 radical (unpaired) electrons. The molecular weight excluding hydrogens is 294 g/mol. The number of hydrogen-bond acceptors (Lipinski definition) is 4. The van der Waals surface area contributed by atoms with Crippen molar-refractivity contribution in [3.63, 3.8) is 0 Å². The summed E-state index contributed by atoms with van der Waals surface area (Å²) in [5.41, 5.74) is 0.822. The highest BCUT2D eigenvalue weighted by molar-refractivity contribution is 6.74. The van der Waals surface area contributed by atoms with Crippen molar-refractivity contribution in [2.45, 2.75) is 44.4 Å². The average molecular weight is 319 g/mol. The Bertz CT molecular complexity index is 671. The van der Waals surface area contributed by atoms with E-state index < -0.39 is 8.32 Å². The molecule has 1 aliphatic rings. The summed E-state index contributed by atoms with van der Waals surface area (Å²) >= 11 is 0. The van der Waals surface area contributed by atoms with Crippen LogP contribution in [0.25, 0.3) is 11.0 Å². The SMILES string of the molecule is CC(C)(C)[Si](C)(C)OCC1(n2ccc3cncnc32)COC1. The van der Waals surface area contributed by atoms with Gasteiger partial charge in [-0.15, -0.1) is 0 Å². The first-order chi connectivity index (χ1) is 10.3. The van der Waals surface area contributed by atoms with Crippen LogP contribution in [-0.4, -0.2) is 42.7 Å². The van der Waals surface area contributed by atoms with Crippen LogP contribution >= 0.6 is 0 Å². The summed E-state index contributed by atoms with van der Waals surface area (Å²) in [5.74, 6) is 0. The van der Waals surface area contributed by atoms with Crippen LogP contribution in [0.2, 0.25) is 18.1 Å². The van der Waals surface area contributed by atoms with Crippen molar-refractivity contribution in [2.24, 2.45) is 0 Å². The molecule has 0 N–H and O–H groups in total. The van der Waals surface area contributed by atoms with Crippen molar-refractivity contribution < 1.29 is 9.16 Å². The highest BCUT2D eigenvalue weighted by Gasteiger charge is 2.45. The van der Waals surface area contributed by atoms with E-state index in [-0.39, 0.29) is 10.6 Å². The maximum atomic E-state index is 6.47. The van der Waals surface area contributed by atoms with E-state index in [1.54, 1.807) is 6.33 Å². The second-order valence-corrected chi connectivity index (χ2v) is 12.6. The van der Waals surface area contributed by atoms with Crippen LogP contribution in [0.15, 0.2) is 24.8 Å². The molecule has 0 aliphatic carbocycles. The molecule has 0 bridgehead atoms. The fourth-order valence-electron chi connectivity index (χ4n) is 2.42. The highest BCUT2D eigenvalue weighted by atomic mass is 28.4. The lowest BCUT2D eigenvalue weighted by atomic mass is 9.98. The lowest BCUT2D eigenvalue weighted by molar-refractivity contribution is -0.119. The Kier molecular flexibility index (Phi) is 3.66. The molecule has 0 spiro atoms. The summed E-state index contributed by atoms with van der Waals surface area (Å²) in [6.45, 7) is 13.4. The van der Waals surface area contributed by atoms with Gasteiger partial charge in [-0.05, 0) is 24.2 Å². The van der Waals surface area contributed by atoms with Crippen LogP contribution in [0.5, 0.6) is 0 Å². The number of fused-ring (bicyclic) bond motifs is 1. The molecule has 0 saturated carbocycles. The molecule has 0 atom stereocenters. The van der Waals surface area contributed by atoms with E-state index >= 15 is 0 Å². The van der Waals surface area contributed by atoms with Crippen molar-refractivity contribution in [1.82, 2.24) is 14.5 Å². The number of hydrogen-bond donors (Lipinski definition) is 0. The quantitative estimate of drug-likeness (QED) is 0.812. The van der Waals surface area contributed by atoms with E-state index in [0.29, 0.717) is 19.8 Å². The van der Waals surface area contributed by atoms with Crippen LogP contribution in [0, 0.1) is 0 Å². The summed E-state index contributed by atoms with van der Waals surface area (Å²) in [5, 5.41) is 1.26.